The lowest BCUT2D eigenvalue weighted by Gasteiger charge is -2.24. The predicted molar refractivity (Wildman–Crippen MR) is 73.4 cm³/mol. The quantitative estimate of drug-likeness (QED) is 0.871. The molecule has 0 aliphatic carbocycles. The van der Waals surface area contributed by atoms with Crippen LogP contribution in [-0.2, 0) is 0 Å². The summed E-state index contributed by atoms with van der Waals surface area (Å²) < 4.78 is 1.16. The van der Waals surface area contributed by atoms with Crippen LogP contribution in [0, 0.1) is 0 Å². The monoisotopic (exact) mass is 284 g/mol. The molecule has 0 aromatic heterocycles. The Morgan fingerprint density at radius 1 is 1.38 bits per heavy atom. The molecule has 90 valence electrons. The summed E-state index contributed by atoms with van der Waals surface area (Å²) in [6.07, 6.45) is 2.04. The fourth-order valence-corrected chi connectivity index (χ4v) is 2.29. The highest BCUT2D eigenvalue weighted by atomic mass is 79.9. The fraction of sp³-hybridized carbons (Fsp3) is 0.538. The third-order valence-corrected chi connectivity index (χ3v) is 3.43. The van der Waals surface area contributed by atoms with E-state index in [4.69, 9.17) is 5.73 Å². The number of nitrogens with one attached hydrogen (secondary N) is 1. The molecule has 1 aromatic rings. The van der Waals surface area contributed by atoms with Crippen LogP contribution >= 0.6 is 15.9 Å². The molecule has 0 bridgehead atoms. The van der Waals surface area contributed by atoms with E-state index in [1.54, 1.807) is 0 Å². The highest BCUT2D eigenvalue weighted by Gasteiger charge is 2.17. The van der Waals surface area contributed by atoms with Crippen molar-refractivity contribution in [1.82, 2.24) is 5.32 Å². The highest BCUT2D eigenvalue weighted by molar-refractivity contribution is 9.10. The second-order valence-corrected chi connectivity index (χ2v) is 5.74. The van der Waals surface area contributed by atoms with E-state index < -0.39 is 0 Å². The topological polar surface area (TPSA) is 38.0 Å². The zero-order chi connectivity index (χ0) is 12.2. The van der Waals surface area contributed by atoms with Crippen LogP contribution in [-0.4, -0.2) is 12.6 Å². The normalized spacial score (nSPS) is 13.8. The summed E-state index contributed by atoms with van der Waals surface area (Å²) in [5, 5.41) is 3.35. The van der Waals surface area contributed by atoms with Gasteiger partial charge >= 0.3 is 0 Å². The molecule has 0 heterocycles. The maximum atomic E-state index is 6.02. The molecule has 3 heteroatoms. The van der Waals surface area contributed by atoms with Gasteiger partial charge in [-0.3, -0.25) is 0 Å². The van der Waals surface area contributed by atoms with Crippen molar-refractivity contribution in [2.45, 2.75) is 38.3 Å². The second-order valence-electron chi connectivity index (χ2n) is 4.89. The smallest absolute Gasteiger partial charge is 0.0329 e. The first-order chi connectivity index (χ1) is 7.44. The molecule has 0 amide bonds. The molecule has 0 spiro atoms. The average molecular weight is 285 g/mol. The lowest BCUT2D eigenvalue weighted by molar-refractivity contribution is 0.410. The molecular weight excluding hydrogens is 264 g/mol. The van der Waals surface area contributed by atoms with E-state index in [2.05, 4.69) is 53.3 Å². The summed E-state index contributed by atoms with van der Waals surface area (Å²) in [7, 11) is 1.99. The van der Waals surface area contributed by atoms with E-state index in [-0.39, 0.29) is 5.54 Å². The van der Waals surface area contributed by atoms with Gasteiger partial charge in [-0.05, 0) is 45.4 Å². The highest BCUT2D eigenvalue weighted by Crippen LogP contribution is 2.27. The SMILES string of the molecule is CNC(CCC(C)(C)N)c1ccccc1Br. The van der Waals surface area contributed by atoms with E-state index in [1.807, 2.05) is 13.1 Å². The lowest BCUT2D eigenvalue weighted by atomic mass is 9.93. The van der Waals surface area contributed by atoms with Gasteiger partial charge in [-0.1, -0.05) is 34.1 Å². The zero-order valence-corrected chi connectivity index (χ0v) is 11.8. The minimum absolute atomic E-state index is 0.101. The van der Waals surface area contributed by atoms with Crippen molar-refractivity contribution in [3.05, 3.63) is 34.3 Å². The van der Waals surface area contributed by atoms with Crippen LogP contribution in [0.1, 0.15) is 38.3 Å². The standard InChI is InChI=1S/C13H21BrN2/c1-13(2,15)9-8-12(16-3)10-6-4-5-7-11(10)14/h4-7,12,16H,8-9,15H2,1-3H3. The van der Waals surface area contributed by atoms with Crippen molar-refractivity contribution < 1.29 is 0 Å². The first-order valence-corrected chi connectivity index (χ1v) is 6.44. The van der Waals surface area contributed by atoms with E-state index in [0.717, 1.165) is 17.3 Å². The van der Waals surface area contributed by atoms with Crippen molar-refractivity contribution in [2.75, 3.05) is 7.05 Å². The van der Waals surface area contributed by atoms with Crippen LogP contribution in [0.5, 0.6) is 0 Å². The minimum atomic E-state index is -0.101. The molecule has 0 aliphatic heterocycles. The van der Waals surface area contributed by atoms with Crippen LogP contribution in [0.4, 0.5) is 0 Å². The molecule has 1 aromatic carbocycles. The summed E-state index contributed by atoms with van der Waals surface area (Å²) in [4.78, 5) is 0. The predicted octanol–water partition coefficient (Wildman–Crippen LogP) is 3.23. The van der Waals surface area contributed by atoms with Crippen LogP contribution < -0.4 is 11.1 Å². The Morgan fingerprint density at radius 2 is 2.00 bits per heavy atom. The minimum Gasteiger partial charge on any atom is -0.326 e. The van der Waals surface area contributed by atoms with Crippen molar-refractivity contribution in [3.8, 4) is 0 Å². The van der Waals surface area contributed by atoms with Crippen LogP contribution in [0.15, 0.2) is 28.7 Å². The van der Waals surface area contributed by atoms with Gasteiger partial charge in [0.2, 0.25) is 0 Å². The lowest BCUT2D eigenvalue weighted by Crippen LogP contribution is -2.33. The van der Waals surface area contributed by atoms with Crippen LogP contribution in [0.25, 0.3) is 0 Å². The molecule has 3 N–H and O–H groups in total. The van der Waals surface area contributed by atoms with Gasteiger partial charge in [-0.2, -0.15) is 0 Å². The summed E-state index contributed by atoms with van der Waals surface area (Å²) in [5.41, 5.74) is 7.21. The molecule has 0 saturated heterocycles. The summed E-state index contributed by atoms with van der Waals surface area (Å²) in [6.45, 7) is 4.14. The van der Waals surface area contributed by atoms with Gasteiger partial charge in [0.25, 0.3) is 0 Å². The molecule has 1 rings (SSSR count). The molecule has 2 nitrogen and oxygen atoms in total. The van der Waals surface area contributed by atoms with Gasteiger partial charge in [0, 0.05) is 16.1 Å². The molecule has 0 radical (unpaired) electrons. The van der Waals surface area contributed by atoms with Crippen molar-refractivity contribution >= 4 is 15.9 Å². The number of nitrogens with two attached hydrogens (primary N) is 1. The Hall–Kier alpha value is -0.380. The Morgan fingerprint density at radius 3 is 2.50 bits per heavy atom. The maximum Gasteiger partial charge on any atom is 0.0329 e. The second kappa shape index (κ2) is 5.80. The Kier molecular flexibility index (Phi) is 4.96. The number of hydrogen-bond acceptors (Lipinski definition) is 2. The van der Waals surface area contributed by atoms with E-state index in [1.165, 1.54) is 5.56 Å². The summed E-state index contributed by atoms with van der Waals surface area (Å²) >= 11 is 3.59. The molecule has 0 aliphatic rings. The van der Waals surface area contributed by atoms with Gasteiger partial charge in [0.05, 0.1) is 0 Å². The van der Waals surface area contributed by atoms with E-state index in [0.29, 0.717) is 6.04 Å². The Balaban J connectivity index is 2.72. The van der Waals surface area contributed by atoms with E-state index in [9.17, 15) is 0 Å². The van der Waals surface area contributed by atoms with Gasteiger partial charge in [0.1, 0.15) is 0 Å². The van der Waals surface area contributed by atoms with Gasteiger partial charge in [-0.25, -0.2) is 0 Å². The molecule has 0 fully saturated rings. The summed E-state index contributed by atoms with van der Waals surface area (Å²) in [5.74, 6) is 0. The first kappa shape index (κ1) is 13.7. The number of rotatable bonds is 5. The van der Waals surface area contributed by atoms with Gasteiger partial charge < -0.3 is 11.1 Å². The van der Waals surface area contributed by atoms with E-state index >= 15 is 0 Å². The van der Waals surface area contributed by atoms with Crippen molar-refractivity contribution in [2.24, 2.45) is 5.73 Å². The van der Waals surface area contributed by atoms with Gasteiger partial charge in [0.15, 0.2) is 0 Å². The number of halogens is 1. The fourth-order valence-electron chi connectivity index (χ4n) is 1.73. The summed E-state index contributed by atoms with van der Waals surface area (Å²) in [6, 6.07) is 8.69. The molecule has 1 unspecified atom stereocenters. The Labute approximate surface area is 107 Å². The maximum absolute atomic E-state index is 6.02. The number of hydrogen-bond donors (Lipinski definition) is 2. The van der Waals surface area contributed by atoms with Crippen LogP contribution in [0.2, 0.25) is 0 Å². The van der Waals surface area contributed by atoms with Crippen molar-refractivity contribution in [3.63, 3.8) is 0 Å². The molecule has 16 heavy (non-hydrogen) atoms. The molecular formula is C13H21BrN2. The van der Waals surface area contributed by atoms with Crippen LogP contribution in [0.3, 0.4) is 0 Å². The Bertz CT molecular complexity index is 331. The number of benzene rings is 1. The van der Waals surface area contributed by atoms with Crippen molar-refractivity contribution in [1.29, 1.82) is 0 Å². The molecule has 1 atom stereocenters. The third kappa shape index (κ3) is 4.24. The molecule has 0 saturated carbocycles. The third-order valence-electron chi connectivity index (χ3n) is 2.71. The van der Waals surface area contributed by atoms with Gasteiger partial charge in [-0.15, -0.1) is 0 Å². The first-order valence-electron chi connectivity index (χ1n) is 5.64. The largest absolute Gasteiger partial charge is 0.326 e. The zero-order valence-electron chi connectivity index (χ0n) is 10.3. The average Bonchev–Trinajstić information content (AvgIpc) is 2.20.